The van der Waals surface area contributed by atoms with E-state index < -0.39 is 90.2 Å². The fourth-order valence-electron chi connectivity index (χ4n) is 5.12. The normalized spacial score (nSPS) is 12.9. The van der Waals surface area contributed by atoms with E-state index in [9.17, 15) is 48.5 Å². The Kier molecular flexibility index (Phi) is 15.6. The first-order chi connectivity index (χ1) is 24.7. The number of benzene rings is 4. The molecule has 1 aliphatic carbocycles. The monoisotopic (exact) mass is 886 g/mol. The van der Waals surface area contributed by atoms with E-state index in [1.54, 1.807) is 0 Å². The van der Waals surface area contributed by atoms with Gasteiger partial charge in [-0.25, -0.2) is 30.2 Å². The molecule has 0 unspecified atom stereocenters. The smallest absolute Gasteiger partial charge is 0.744 e. The molecule has 4 aromatic carbocycles. The summed E-state index contributed by atoms with van der Waals surface area (Å²) in [6.45, 7) is 0. The Morgan fingerprint density at radius 1 is 0.679 bits per heavy atom. The van der Waals surface area contributed by atoms with Gasteiger partial charge in [-0.05, 0) is 77.8 Å². The number of hydrogen-bond acceptors (Lipinski definition) is 18. The number of anilines is 3. The number of aromatic amines is 1. The molecule has 0 saturated heterocycles. The van der Waals surface area contributed by atoms with Crippen molar-refractivity contribution < 1.29 is 137 Å². The van der Waals surface area contributed by atoms with E-state index >= 15 is 0 Å². The summed E-state index contributed by atoms with van der Waals surface area (Å²) in [7, 11) is -15.8. The number of H-pyrrole nitrogens is 1. The van der Waals surface area contributed by atoms with E-state index in [1.165, 1.54) is 30.3 Å². The maximum absolute atomic E-state index is 13.8. The van der Waals surface area contributed by atoms with Gasteiger partial charge in [0.15, 0.2) is 11.6 Å². The van der Waals surface area contributed by atoms with Gasteiger partial charge in [0.2, 0.25) is 16.2 Å². The summed E-state index contributed by atoms with van der Waals surface area (Å²) in [6.07, 6.45) is 0. The predicted octanol–water partition coefficient (Wildman–Crippen LogP) is -5.42. The van der Waals surface area contributed by atoms with Crippen LogP contribution in [-0.2, 0) is 30.4 Å². The van der Waals surface area contributed by atoms with Crippen LogP contribution in [-0.4, -0.2) is 65.4 Å². The van der Waals surface area contributed by atoms with Crippen molar-refractivity contribution in [2.24, 2.45) is 15.2 Å². The molecule has 0 spiro atoms. The second-order valence-corrected chi connectivity index (χ2v) is 15.4. The number of fused-ring (bicyclic) bond motifs is 2. The fraction of sp³-hybridized carbons (Fsp3) is 0. The maximum atomic E-state index is 13.8. The van der Waals surface area contributed by atoms with Crippen LogP contribution in [0.15, 0.2) is 96.6 Å². The number of carbonyl (C=O) groups excluding carboxylic acids is 2. The number of hydrogen-bond donors (Lipinski definition) is 3. The molecular formula is C29H15Cl2N8Na3O11S3. The molecule has 1 aromatic heterocycles. The summed E-state index contributed by atoms with van der Waals surface area (Å²) >= 11 is 11.5. The number of nitrogens with one attached hydrogen (secondary N) is 2. The molecular weight excluding hydrogens is 872 g/mol. The third-order valence-electron chi connectivity index (χ3n) is 7.29. The van der Waals surface area contributed by atoms with Gasteiger partial charge in [0.05, 0.1) is 54.1 Å². The van der Waals surface area contributed by atoms with Crippen molar-refractivity contribution in [3.05, 3.63) is 105 Å². The minimum absolute atomic E-state index is 0. The van der Waals surface area contributed by atoms with E-state index in [4.69, 9.17) is 28.9 Å². The summed E-state index contributed by atoms with van der Waals surface area (Å²) in [4.78, 5) is 38.3. The number of aromatic nitrogens is 3. The number of nitrogens with two attached hydrogens (primary N) is 1. The maximum Gasteiger partial charge on any atom is 1.00 e. The molecule has 0 saturated carbocycles. The van der Waals surface area contributed by atoms with Gasteiger partial charge in [-0.2, -0.15) is 15.1 Å². The molecule has 27 heteroatoms. The summed E-state index contributed by atoms with van der Waals surface area (Å²) in [5, 5.41) is 10.0. The molecule has 1 aliphatic rings. The van der Waals surface area contributed by atoms with E-state index in [0.717, 1.165) is 30.3 Å². The van der Waals surface area contributed by atoms with Crippen molar-refractivity contribution >= 4 is 99.2 Å². The number of carbonyl (C=O) groups is 2. The summed E-state index contributed by atoms with van der Waals surface area (Å²) in [6, 6.07) is 12.1. The zero-order chi connectivity index (χ0) is 38.6. The van der Waals surface area contributed by atoms with Crippen molar-refractivity contribution in [2.75, 3.05) is 11.1 Å². The van der Waals surface area contributed by atoms with Crippen LogP contribution in [0.1, 0.15) is 31.8 Å². The van der Waals surface area contributed by atoms with Crippen molar-refractivity contribution in [2.45, 2.75) is 14.7 Å². The van der Waals surface area contributed by atoms with Gasteiger partial charge >= 0.3 is 88.7 Å². The first-order valence-corrected chi connectivity index (χ1v) is 19.0. The minimum Gasteiger partial charge on any atom is -0.744 e. The number of nitrogens with zero attached hydrogens (tertiary/aromatic N) is 5. The molecule has 1 heterocycles. The average molecular weight is 888 g/mol. The van der Waals surface area contributed by atoms with Gasteiger partial charge in [0, 0.05) is 11.3 Å². The third-order valence-corrected chi connectivity index (χ3v) is 10.3. The Bertz CT molecular complexity index is 2860. The molecule has 4 N–H and O–H groups in total. The predicted molar refractivity (Wildman–Crippen MR) is 180 cm³/mol. The first kappa shape index (κ1) is 47.9. The quantitative estimate of drug-likeness (QED) is 0.0556. The van der Waals surface area contributed by atoms with Crippen molar-refractivity contribution in [3.8, 4) is 0 Å². The summed E-state index contributed by atoms with van der Waals surface area (Å²) < 4.78 is 108. The Labute approximate surface area is 392 Å². The SMILES string of the molecule is Nc1c(S(=O)(=O)[O-])cc(Nc2ccc(N=Nc3ccc(N=c4nc(Cl)nc(Cl)[nH]4)cc3S(=O)(=O)[O-])cc2)c2c1C(=O)c1cccc(S(=O)(=O)[O-])c1C2=O.[Na+].[Na+].[Na+]. The van der Waals surface area contributed by atoms with Crippen LogP contribution in [0.4, 0.5) is 34.1 Å². The number of azo groups is 1. The largest absolute Gasteiger partial charge is 1.00 e. The Hall–Kier alpha value is -2.46. The van der Waals surface area contributed by atoms with Crippen LogP contribution >= 0.6 is 23.2 Å². The van der Waals surface area contributed by atoms with Gasteiger partial charge in [-0.3, -0.25) is 14.6 Å². The van der Waals surface area contributed by atoms with Crippen LogP contribution in [0.3, 0.4) is 0 Å². The van der Waals surface area contributed by atoms with Crippen LogP contribution in [0.5, 0.6) is 0 Å². The van der Waals surface area contributed by atoms with E-state index in [-0.39, 0.29) is 128 Å². The van der Waals surface area contributed by atoms with Crippen LogP contribution in [0.25, 0.3) is 0 Å². The number of rotatable bonds is 8. The standard InChI is InChI=1S/C29H18Cl2N8O11S3.3Na/c30-27-35-28(31)37-29(36-27)34-14-8-9-16(19(10-14)52(45,46)47)39-38-13-6-4-12(5-7-13)33-17-11-20(53(48,49)50)24(32)23-22(17)26(41)21-15(25(23)40)2-1-3-18(21)51(42,43)44;;;/h1-11,33H,32H2,(H,42,43,44)(H,45,46,47)(H,48,49,50)(H,34,35,36,37);;;/q;3*+1/p-3. The van der Waals surface area contributed by atoms with Gasteiger partial charge < -0.3 is 24.7 Å². The van der Waals surface area contributed by atoms with Crippen LogP contribution in [0.2, 0.25) is 10.6 Å². The van der Waals surface area contributed by atoms with Crippen molar-refractivity contribution in [1.82, 2.24) is 15.0 Å². The van der Waals surface area contributed by atoms with Gasteiger partial charge in [-0.15, -0.1) is 5.11 Å². The number of nitrogen functional groups attached to an aromatic ring is 1. The first-order valence-electron chi connectivity index (χ1n) is 14.1. The fourth-order valence-corrected chi connectivity index (χ4v) is 7.46. The molecule has 56 heavy (non-hydrogen) atoms. The Morgan fingerprint density at radius 2 is 1.29 bits per heavy atom. The van der Waals surface area contributed by atoms with E-state index in [2.05, 4.69) is 35.5 Å². The molecule has 272 valence electrons. The third kappa shape index (κ3) is 10.2. The van der Waals surface area contributed by atoms with Crippen LogP contribution in [0, 0.1) is 0 Å². The molecule has 5 aromatic rings. The second kappa shape index (κ2) is 18.2. The van der Waals surface area contributed by atoms with Gasteiger partial charge in [0.25, 0.3) is 0 Å². The molecule has 6 rings (SSSR count). The summed E-state index contributed by atoms with van der Waals surface area (Å²) in [5.41, 5.74) is 1.53. The Balaban J connectivity index is 0.00000280. The number of ketones is 2. The molecule has 0 radical (unpaired) electrons. The molecule has 19 nitrogen and oxygen atoms in total. The van der Waals surface area contributed by atoms with Gasteiger partial charge in [0.1, 0.15) is 36.0 Å². The van der Waals surface area contributed by atoms with Gasteiger partial charge in [-0.1, -0.05) is 12.1 Å². The number of halogens is 2. The zero-order valence-electron chi connectivity index (χ0n) is 28.6. The molecule has 0 atom stereocenters. The molecule has 0 bridgehead atoms. The molecule has 0 amide bonds. The molecule has 0 aliphatic heterocycles. The second-order valence-electron chi connectivity index (χ2n) is 10.7. The summed E-state index contributed by atoms with van der Waals surface area (Å²) in [5.74, 6) is -2.30. The minimum atomic E-state index is -5.35. The topological polar surface area (TPSA) is 322 Å². The Morgan fingerprint density at radius 3 is 1.88 bits per heavy atom. The average Bonchev–Trinajstić information content (AvgIpc) is 3.05. The van der Waals surface area contributed by atoms with E-state index in [0.29, 0.717) is 6.07 Å². The van der Waals surface area contributed by atoms with Crippen molar-refractivity contribution in [1.29, 1.82) is 0 Å². The van der Waals surface area contributed by atoms with E-state index in [1.807, 2.05) is 0 Å². The van der Waals surface area contributed by atoms with Crippen LogP contribution < -0.4 is 105 Å². The zero-order valence-corrected chi connectivity index (χ0v) is 38.6. The molecule has 0 fully saturated rings. The van der Waals surface area contributed by atoms with Crippen molar-refractivity contribution in [3.63, 3.8) is 0 Å².